The Hall–Kier alpha value is -2.49. The van der Waals surface area contributed by atoms with Crippen molar-refractivity contribution in [2.45, 2.75) is 58.2 Å². The zero-order valence-electron chi connectivity index (χ0n) is 24.2. The highest BCUT2D eigenvalue weighted by atomic mass is 35.5. The molecule has 0 radical (unpaired) electrons. The molecule has 2 amide bonds. The van der Waals surface area contributed by atoms with Crippen molar-refractivity contribution in [1.29, 1.82) is 0 Å². The van der Waals surface area contributed by atoms with E-state index in [2.05, 4.69) is 5.32 Å². The normalized spacial score (nSPS) is 12.8. The van der Waals surface area contributed by atoms with Gasteiger partial charge in [0, 0.05) is 47.0 Å². The van der Waals surface area contributed by atoms with Crippen LogP contribution in [0.15, 0.2) is 66.7 Å². The number of nitrogens with zero attached hydrogens (tertiary/aromatic N) is 2. The summed E-state index contributed by atoms with van der Waals surface area (Å²) >= 11 is 25.0. The summed E-state index contributed by atoms with van der Waals surface area (Å²) < 4.78 is 26.5. The van der Waals surface area contributed by atoms with Crippen molar-refractivity contribution in [2.24, 2.45) is 0 Å². The van der Waals surface area contributed by atoms with Crippen LogP contribution in [0.2, 0.25) is 20.1 Å². The lowest BCUT2D eigenvalue weighted by Crippen LogP contribution is -2.52. The number of amides is 2. The van der Waals surface area contributed by atoms with Crippen molar-refractivity contribution in [3.05, 3.63) is 97.9 Å². The number of rotatable bonds is 14. The van der Waals surface area contributed by atoms with E-state index in [0.717, 1.165) is 16.1 Å². The highest BCUT2D eigenvalue weighted by molar-refractivity contribution is 7.92. The number of sulfonamides is 1. The van der Waals surface area contributed by atoms with Crippen LogP contribution in [0.1, 0.15) is 44.2 Å². The lowest BCUT2D eigenvalue weighted by molar-refractivity contribution is -0.141. The largest absolute Gasteiger partial charge is 0.352 e. The Labute approximate surface area is 274 Å². The predicted octanol–water partition coefficient (Wildman–Crippen LogP) is 7.40. The summed E-state index contributed by atoms with van der Waals surface area (Å²) in [6.45, 7) is 3.90. The van der Waals surface area contributed by atoms with E-state index < -0.39 is 16.1 Å². The molecule has 0 fully saturated rings. The first-order valence-electron chi connectivity index (χ1n) is 13.8. The van der Waals surface area contributed by atoms with E-state index >= 15 is 0 Å². The van der Waals surface area contributed by atoms with Crippen LogP contribution in [-0.2, 0) is 32.6 Å². The molecule has 0 unspecified atom stereocenters. The summed E-state index contributed by atoms with van der Waals surface area (Å²) in [5.74, 6) is -0.628. The molecule has 7 nitrogen and oxygen atoms in total. The summed E-state index contributed by atoms with van der Waals surface area (Å²) in [6.07, 6.45) is 2.17. The minimum absolute atomic E-state index is 0.0252. The first kappa shape index (κ1) is 35.0. The van der Waals surface area contributed by atoms with Gasteiger partial charge in [0.1, 0.15) is 6.04 Å². The van der Waals surface area contributed by atoms with E-state index in [9.17, 15) is 18.0 Å². The number of nitrogens with one attached hydrogen (secondary N) is 1. The summed E-state index contributed by atoms with van der Waals surface area (Å²) in [4.78, 5) is 29.2. The summed E-state index contributed by atoms with van der Waals surface area (Å²) in [6, 6.07) is 18.0. The number of anilines is 1. The average molecular weight is 688 g/mol. The maximum Gasteiger partial charge on any atom is 0.243 e. The highest BCUT2D eigenvalue weighted by Gasteiger charge is 2.31. The minimum atomic E-state index is -3.75. The molecule has 3 aromatic rings. The Bertz CT molecular complexity index is 1520. The van der Waals surface area contributed by atoms with Gasteiger partial charge in [-0.25, -0.2) is 8.42 Å². The third-order valence-electron chi connectivity index (χ3n) is 6.96. The Morgan fingerprint density at radius 1 is 0.907 bits per heavy atom. The van der Waals surface area contributed by atoms with Gasteiger partial charge in [-0.15, -0.1) is 0 Å². The third kappa shape index (κ3) is 10.3. The minimum Gasteiger partial charge on any atom is -0.352 e. The maximum absolute atomic E-state index is 14.0. The second-order valence-electron chi connectivity index (χ2n) is 10.3. The van der Waals surface area contributed by atoms with Crippen LogP contribution in [0.4, 0.5) is 5.69 Å². The van der Waals surface area contributed by atoms with Crippen LogP contribution in [0.5, 0.6) is 0 Å². The molecule has 0 aliphatic heterocycles. The van der Waals surface area contributed by atoms with Crippen molar-refractivity contribution in [2.75, 3.05) is 17.1 Å². The van der Waals surface area contributed by atoms with Crippen molar-refractivity contribution in [1.82, 2.24) is 10.2 Å². The van der Waals surface area contributed by atoms with Crippen LogP contribution in [0.25, 0.3) is 0 Å². The first-order valence-corrected chi connectivity index (χ1v) is 17.2. The lowest BCUT2D eigenvalue weighted by atomic mass is 10.0. The Morgan fingerprint density at radius 2 is 1.56 bits per heavy atom. The Balaban J connectivity index is 1.94. The fraction of sp³-hybridized carbons (Fsp3) is 0.355. The predicted molar refractivity (Wildman–Crippen MR) is 177 cm³/mol. The molecule has 0 aromatic heterocycles. The van der Waals surface area contributed by atoms with Gasteiger partial charge in [-0.2, -0.15) is 0 Å². The SMILES string of the molecule is CC[C@@H](C)NC(=O)[C@H](Cc1ccccc1)N(Cc1ccc(Cl)cc1Cl)C(=O)CCCN(c1cc(Cl)ccc1Cl)S(C)(=O)=O. The zero-order chi connectivity index (χ0) is 31.7. The van der Waals surface area contributed by atoms with Gasteiger partial charge in [0.05, 0.1) is 17.0 Å². The fourth-order valence-corrected chi connectivity index (χ4v) is 6.36. The molecular formula is C31H35Cl4N3O4S. The number of halogens is 4. The topological polar surface area (TPSA) is 86.8 Å². The zero-order valence-corrected chi connectivity index (χ0v) is 28.0. The highest BCUT2D eigenvalue weighted by Crippen LogP contribution is 2.31. The molecule has 43 heavy (non-hydrogen) atoms. The van der Waals surface area contributed by atoms with Gasteiger partial charge in [0.25, 0.3) is 0 Å². The van der Waals surface area contributed by atoms with Crippen molar-refractivity contribution < 1.29 is 18.0 Å². The van der Waals surface area contributed by atoms with E-state index in [1.54, 1.807) is 24.3 Å². The molecule has 2 atom stereocenters. The molecule has 0 aliphatic rings. The molecule has 232 valence electrons. The maximum atomic E-state index is 14.0. The summed E-state index contributed by atoms with van der Waals surface area (Å²) in [7, 11) is -3.75. The molecule has 0 saturated heterocycles. The van der Waals surface area contributed by atoms with Crippen molar-refractivity contribution in [3.63, 3.8) is 0 Å². The standard InChI is InChI=1S/C31H35Cl4N3O4S/c1-4-21(2)36-31(40)29(17-22-9-6-5-7-10-22)37(20-23-12-13-24(32)18-27(23)35)30(39)11-8-16-38(43(3,41)42)28-19-25(33)14-15-26(28)34/h5-7,9-10,12-15,18-19,21,29H,4,8,11,16-17,20H2,1-3H3,(H,36,40)/t21-,29+/m1/s1. The van der Waals surface area contributed by atoms with Gasteiger partial charge in [-0.3, -0.25) is 13.9 Å². The average Bonchev–Trinajstić information content (AvgIpc) is 2.95. The van der Waals surface area contributed by atoms with E-state index in [1.807, 2.05) is 44.2 Å². The smallest absolute Gasteiger partial charge is 0.243 e. The molecule has 0 heterocycles. The molecule has 3 rings (SSSR count). The number of benzene rings is 3. The summed E-state index contributed by atoms with van der Waals surface area (Å²) in [5, 5.41) is 4.37. The number of carbonyl (C=O) groups is 2. The van der Waals surface area contributed by atoms with Gasteiger partial charge in [0.2, 0.25) is 21.8 Å². The second kappa shape index (κ2) is 16.0. The molecule has 0 aliphatic carbocycles. The lowest BCUT2D eigenvalue weighted by Gasteiger charge is -2.33. The first-order chi connectivity index (χ1) is 20.3. The van der Waals surface area contributed by atoms with E-state index in [-0.39, 0.29) is 60.9 Å². The van der Waals surface area contributed by atoms with Crippen LogP contribution < -0.4 is 9.62 Å². The molecule has 0 spiro atoms. The quantitative estimate of drug-likeness (QED) is 0.192. The van der Waals surface area contributed by atoms with E-state index in [0.29, 0.717) is 27.1 Å². The van der Waals surface area contributed by atoms with Gasteiger partial charge < -0.3 is 10.2 Å². The van der Waals surface area contributed by atoms with Crippen LogP contribution in [0.3, 0.4) is 0 Å². The van der Waals surface area contributed by atoms with E-state index in [4.69, 9.17) is 46.4 Å². The molecule has 0 bridgehead atoms. The van der Waals surface area contributed by atoms with Gasteiger partial charge in [-0.1, -0.05) is 89.7 Å². The molecule has 12 heteroatoms. The second-order valence-corrected chi connectivity index (χ2v) is 13.9. The van der Waals surface area contributed by atoms with Gasteiger partial charge in [-0.05, 0) is 61.2 Å². The fourth-order valence-electron chi connectivity index (χ4n) is 4.49. The molecule has 0 saturated carbocycles. The monoisotopic (exact) mass is 685 g/mol. The third-order valence-corrected chi connectivity index (χ3v) is 9.28. The van der Waals surface area contributed by atoms with Crippen molar-refractivity contribution in [3.8, 4) is 0 Å². The van der Waals surface area contributed by atoms with Crippen molar-refractivity contribution >= 4 is 73.9 Å². The number of hydrogen-bond donors (Lipinski definition) is 1. The van der Waals surface area contributed by atoms with Crippen LogP contribution in [0, 0.1) is 0 Å². The number of hydrogen-bond acceptors (Lipinski definition) is 4. The summed E-state index contributed by atoms with van der Waals surface area (Å²) in [5.41, 5.74) is 1.73. The number of carbonyl (C=O) groups excluding carboxylic acids is 2. The van der Waals surface area contributed by atoms with Crippen LogP contribution >= 0.6 is 46.4 Å². The molecule has 3 aromatic carbocycles. The van der Waals surface area contributed by atoms with Gasteiger partial charge >= 0.3 is 0 Å². The Kier molecular flexibility index (Phi) is 13.0. The Morgan fingerprint density at radius 3 is 2.19 bits per heavy atom. The van der Waals surface area contributed by atoms with E-state index in [1.165, 1.54) is 17.0 Å². The molecule has 1 N–H and O–H groups in total. The molecular weight excluding hydrogens is 652 g/mol. The van der Waals surface area contributed by atoms with Crippen LogP contribution in [-0.4, -0.2) is 50.0 Å². The van der Waals surface area contributed by atoms with Gasteiger partial charge in [0.15, 0.2) is 0 Å².